The van der Waals surface area contributed by atoms with Crippen molar-refractivity contribution in [3.05, 3.63) is 35.9 Å². The fourth-order valence-corrected chi connectivity index (χ4v) is 2.24. The van der Waals surface area contributed by atoms with E-state index >= 15 is 0 Å². The maximum Gasteiger partial charge on any atom is 0.411 e. The van der Waals surface area contributed by atoms with Crippen molar-refractivity contribution < 1.29 is 23.9 Å². The van der Waals surface area contributed by atoms with Crippen LogP contribution in [0.2, 0.25) is 0 Å². The Kier molecular flexibility index (Phi) is 5.03. The van der Waals surface area contributed by atoms with Gasteiger partial charge in [0.25, 0.3) is 0 Å². The van der Waals surface area contributed by atoms with Crippen molar-refractivity contribution in [1.29, 1.82) is 0 Å². The Morgan fingerprint density at radius 3 is 2.48 bits per heavy atom. The predicted molar refractivity (Wildman–Crippen MR) is 82.6 cm³/mol. The molecule has 1 aromatic rings. The van der Waals surface area contributed by atoms with E-state index < -0.39 is 23.7 Å². The molecule has 0 saturated carbocycles. The van der Waals surface area contributed by atoms with Crippen LogP contribution >= 0.6 is 0 Å². The number of carbonyl (C=O) groups is 3. The number of likely N-dealkylation sites (tertiary alicyclic amines) is 1. The number of rotatable bonds is 3. The summed E-state index contributed by atoms with van der Waals surface area (Å²) in [7, 11) is 0. The number of nitrogens with zero attached hydrogens (tertiary/aromatic N) is 1. The van der Waals surface area contributed by atoms with E-state index in [4.69, 9.17) is 9.47 Å². The first-order valence-electron chi connectivity index (χ1n) is 7.48. The summed E-state index contributed by atoms with van der Waals surface area (Å²) in [6.45, 7) is 5.16. The molecule has 1 heterocycles. The Labute approximate surface area is 135 Å². The minimum Gasteiger partial charge on any atom is -0.459 e. The third-order valence-electron chi connectivity index (χ3n) is 3.27. The molecule has 6 nitrogen and oxygen atoms in total. The first kappa shape index (κ1) is 17.0. The molecular formula is C17H21NO5. The quantitative estimate of drug-likeness (QED) is 0.799. The largest absolute Gasteiger partial charge is 0.459 e. The zero-order valence-corrected chi connectivity index (χ0v) is 13.6. The number of ketones is 1. The molecule has 23 heavy (non-hydrogen) atoms. The lowest BCUT2D eigenvalue weighted by Crippen LogP contribution is -2.44. The highest BCUT2D eigenvalue weighted by Gasteiger charge is 2.41. The first-order chi connectivity index (χ1) is 10.8. The molecule has 0 N–H and O–H groups in total. The molecule has 0 unspecified atom stereocenters. The van der Waals surface area contributed by atoms with Crippen LogP contribution in [0.25, 0.3) is 0 Å². The van der Waals surface area contributed by atoms with E-state index in [0.717, 1.165) is 10.5 Å². The Morgan fingerprint density at radius 1 is 1.22 bits per heavy atom. The highest BCUT2D eigenvalue weighted by molar-refractivity contribution is 5.95. The van der Waals surface area contributed by atoms with Gasteiger partial charge in [0.2, 0.25) is 0 Å². The molecule has 1 aliphatic heterocycles. The van der Waals surface area contributed by atoms with Crippen molar-refractivity contribution in [3.8, 4) is 0 Å². The highest BCUT2D eigenvalue weighted by Crippen LogP contribution is 2.20. The van der Waals surface area contributed by atoms with Crippen LogP contribution in [0.1, 0.15) is 32.8 Å². The van der Waals surface area contributed by atoms with E-state index in [0.29, 0.717) is 0 Å². The third kappa shape index (κ3) is 4.81. The van der Waals surface area contributed by atoms with Gasteiger partial charge in [-0.25, -0.2) is 9.59 Å². The fourth-order valence-electron chi connectivity index (χ4n) is 2.24. The molecule has 0 aromatic heterocycles. The third-order valence-corrected chi connectivity index (χ3v) is 3.27. The number of benzene rings is 1. The van der Waals surface area contributed by atoms with Crippen LogP contribution in [-0.2, 0) is 25.7 Å². The number of Topliss-reactive ketones (excluding diaryl/α,β-unsaturated/α-hetero) is 1. The molecule has 1 fully saturated rings. The Morgan fingerprint density at radius 2 is 1.87 bits per heavy atom. The van der Waals surface area contributed by atoms with E-state index in [9.17, 15) is 14.4 Å². The van der Waals surface area contributed by atoms with Gasteiger partial charge in [0.05, 0.1) is 6.54 Å². The molecular weight excluding hydrogens is 298 g/mol. The van der Waals surface area contributed by atoms with Gasteiger partial charge in [0.1, 0.15) is 18.2 Å². The summed E-state index contributed by atoms with van der Waals surface area (Å²) in [6, 6.07) is 8.30. The molecule has 2 rings (SSSR count). The van der Waals surface area contributed by atoms with Gasteiger partial charge >= 0.3 is 12.1 Å². The molecule has 1 atom stereocenters. The van der Waals surface area contributed by atoms with E-state index in [1.807, 2.05) is 30.3 Å². The highest BCUT2D eigenvalue weighted by atomic mass is 16.6. The van der Waals surface area contributed by atoms with Crippen LogP contribution in [0.3, 0.4) is 0 Å². The van der Waals surface area contributed by atoms with Gasteiger partial charge in [-0.2, -0.15) is 0 Å². The van der Waals surface area contributed by atoms with Crippen molar-refractivity contribution in [2.45, 2.75) is 45.4 Å². The minimum atomic E-state index is -0.916. The number of esters is 1. The zero-order chi connectivity index (χ0) is 17.0. The molecule has 1 aliphatic rings. The second kappa shape index (κ2) is 6.81. The monoisotopic (exact) mass is 319 g/mol. The summed E-state index contributed by atoms with van der Waals surface area (Å²) in [5.74, 6) is -0.775. The molecule has 1 amide bonds. The lowest BCUT2D eigenvalue weighted by atomic mass is 10.2. The Hall–Kier alpha value is -2.37. The maximum atomic E-state index is 12.2. The van der Waals surface area contributed by atoms with Gasteiger partial charge in [-0.3, -0.25) is 9.69 Å². The van der Waals surface area contributed by atoms with Crippen LogP contribution < -0.4 is 0 Å². The molecule has 6 heteroatoms. The van der Waals surface area contributed by atoms with Crippen LogP contribution in [-0.4, -0.2) is 40.9 Å². The Bertz CT molecular complexity index is 591. The number of carbonyl (C=O) groups excluding carboxylic acids is 3. The fraction of sp³-hybridized carbons (Fsp3) is 0.471. The van der Waals surface area contributed by atoms with Crippen molar-refractivity contribution in [2.75, 3.05) is 6.54 Å². The molecule has 1 aromatic carbocycles. The molecule has 0 spiro atoms. The van der Waals surface area contributed by atoms with Crippen LogP contribution in [0.4, 0.5) is 4.79 Å². The topological polar surface area (TPSA) is 72.9 Å². The maximum absolute atomic E-state index is 12.2. The zero-order valence-electron chi connectivity index (χ0n) is 13.6. The average molecular weight is 319 g/mol. The molecule has 124 valence electrons. The van der Waals surface area contributed by atoms with Crippen molar-refractivity contribution in [2.24, 2.45) is 0 Å². The SMILES string of the molecule is CC(C)(C)OC(=O)N1CC(=O)C[C@H]1C(=O)OCc1ccccc1. The molecule has 0 radical (unpaired) electrons. The lowest BCUT2D eigenvalue weighted by Gasteiger charge is -2.27. The normalized spacial score (nSPS) is 18.0. The lowest BCUT2D eigenvalue weighted by molar-refractivity contribution is -0.150. The van der Waals surface area contributed by atoms with Crippen molar-refractivity contribution in [1.82, 2.24) is 4.90 Å². The Balaban J connectivity index is 1.99. The van der Waals surface area contributed by atoms with Crippen LogP contribution in [0.5, 0.6) is 0 Å². The smallest absolute Gasteiger partial charge is 0.411 e. The van der Waals surface area contributed by atoms with Gasteiger partial charge in [-0.05, 0) is 26.3 Å². The minimum absolute atomic E-state index is 0.0349. The molecule has 1 saturated heterocycles. The van der Waals surface area contributed by atoms with Gasteiger partial charge < -0.3 is 9.47 Å². The summed E-state index contributed by atoms with van der Waals surface area (Å²) in [6.07, 6.45) is -0.711. The summed E-state index contributed by atoms with van der Waals surface area (Å²) in [5, 5.41) is 0. The van der Waals surface area contributed by atoms with Gasteiger partial charge in [-0.1, -0.05) is 30.3 Å². The molecule has 0 aliphatic carbocycles. The van der Waals surface area contributed by atoms with Crippen LogP contribution in [0.15, 0.2) is 30.3 Å². The molecule has 0 bridgehead atoms. The summed E-state index contributed by atoms with van der Waals surface area (Å²) in [4.78, 5) is 37.2. The summed E-state index contributed by atoms with van der Waals surface area (Å²) in [5.41, 5.74) is 0.148. The summed E-state index contributed by atoms with van der Waals surface area (Å²) < 4.78 is 10.5. The van der Waals surface area contributed by atoms with E-state index in [1.54, 1.807) is 20.8 Å². The summed E-state index contributed by atoms with van der Waals surface area (Å²) >= 11 is 0. The van der Waals surface area contributed by atoms with Crippen molar-refractivity contribution >= 4 is 17.8 Å². The van der Waals surface area contributed by atoms with Gasteiger partial charge in [-0.15, -0.1) is 0 Å². The second-order valence-corrected chi connectivity index (χ2v) is 6.46. The number of hydrogen-bond donors (Lipinski definition) is 0. The van der Waals surface area contributed by atoms with E-state index in [2.05, 4.69) is 0 Å². The van der Waals surface area contributed by atoms with E-state index in [1.165, 1.54) is 0 Å². The van der Waals surface area contributed by atoms with Crippen LogP contribution in [0, 0.1) is 0 Å². The first-order valence-corrected chi connectivity index (χ1v) is 7.48. The van der Waals surface area contributed by atoms with Gasteiger partial charge in [0, 0.05) is 6.42 Å². The number of ether oxygens (including phenoxy) is 2. The predicted octanol–water partition coefficient (Wildman–Crippen LogP) is 2.31. The van der Waals surface area contributed by atoms with E-state index in [-0.39, 0.29) is 25.4 Å². The van der Waals surface area contributed by atoms with Crippen molar-refractivity contribution in [3.63, 3.8) is 0 Å². The second-order valence-electron chi connectivity index (χ2n) is 6.46. The average Bonchev–Trinajstić information content (AvgIpc) is 2.86. The number of hydrogen-bond acceptors (Lipinski definition) is 5. The van der Waals surface area contributed by atoms with Gasteiger partial charge in [0.15, 0.2) is 5.78 Å². The number of amides is 1. The standard InChI is InChI=1S/C17H21NO5/c1-17(2,3)23-16(21)18-10-13(19)9-14(18)15(20)22-11-12-7-5-4-6-8-12/h4-8,14H,9-11H2,1-3H3/t14-/m0/s1.